The van der Waals surface area contributed by atoms with Crippen molar-refractivity contribution in [3.05, 3.63) is 71.8 Å². The monoisotopic (exact) mass is 397 g/mol. The second-order valence-corrected chi connectivity index (χ2v) is 7.46. The van der Waals surface area contributed by atoms with Crippen LogP contribution in [0.4, 0.5) is 4.79 Å². The van der Waals surface area contributed by atoms with Gasteiger partial charge in [0.2, 0.25) is 11.8 Å². The summed E-state index contributed by atoms with van der Waals surface area (Å²) in [5, 5.41) is 5.93. The van der Waals surface area contributed by atoms with Crippen molar-refractivity contribution < 1.29 is 14.4 Å². The molecule has 3 rings (SSSR count). The molecule has 1 atom stereocenters. The van der Waals surface area contributed by atoms with E-state index in [0.717, 1.165) is 22.9 Å². The number of thioether (sulfide) groups is 1. The third-order valence-electron chi connectivity index (χ3n) is 4.55. The predicted octanol–water partition coefficient (Wildman–Crippen LogP) is 2.57. The van der Waals surface area contributed by atoms with Crippen LogP contribution in [0.3, 0.4) is 0 Å². The van der Waals surface area contributed by atoms with Gasteiger partial charge in [0.15, 0.2) is 0 Å². The summed E-state index contributed by atoms with van der Waals surface area (Å²) >= 11 is 0.995. The Hall–Kier alpha value is -2.64. The summed E-state index contributed by atoms with van der Waals surface area (Å²) in [6.07, 6.45) is 0. The predicted molar refractivity (Wildman–Crippen MR) is 110 cm³/mol. The normalized spacial score (nSPS) is 15.1. The van der Waals surface area contributed by atoms with Crippen LogP contribution in [-0.4, -0.2) is 46.8 Å². The molecule has 1 aliphatic heterocycles. The average molecular weight is 398 g/mol. The molecule has 0 radical (unpaired) electrons. The zero-order valence-electron chi connectivity index (χ0n) is 15.6. The van der Waals surface area contributed by atoms with E-state index in [-0.39, 0.29) is 41.9 Å². The van der Waals surface area contributed by atoms with Crippen molar-refractivity contribution in [1.82, 2.24) is 15.5 Å². The molecule has 0 saturated carbocycles. The summed E-state index contributed by atoms with van der Waals surface area (Å²) < 4.78 is 0. The molecule has 0 aromatic heterocycles. The van der Waals surface area contributed by atoms with Crippen LogP contribution in [-0.2, 0) is 9.59 Å². The molecule has 0 bridgehead atoms. The second kappa shape index (κ2) is 9.52. The van der Waals surface area contributed by atoms with E-state index >= 15 is 0 Å². The number of imide groups is 1. The van der Waals surface area contributed by atoms with Gasteiger partial charge in [-0.15, -0.1) is 0 Å². The molecule has 6 nitrogen and oxygen atoms in total. The first-order valence-corrected chi connectivity index (χ1v) is 10.2. The van der Waals surface area contributed by atoms with Crippen molar-refractivity contribution in [3.63, 3.8) is 0 Å². The number of hydrogen-bond donors (Lipinski definition) is 2. The van der Waals surface area contributed by atoms with E-state index < -0.39 is 6.04 Å². The fourth-order valence-electron chi connectivity index (χ4n) is 3.04. The minimum absolute atomic E-state index is 0.124. The summed E-state index contributed by atoms with van der Waals surface area (Å²) in [5.41, 5.74) is 2.14. The lowest BCUT2D eigenvalue weighted by molar-refractivity contribution is -0.126. The Balaban J connectivity index is 1.60. The van der Waals surface area contributed by atoms with Gasteiger partial charge in [-0.3, -0.25) is 24.6 Å². The number of rotatable bonds is 8. The summed E-state index contributed by atoms with van der Waals surface area (Å²) in [6, 6.07) is 19.3. The quantitative estimate of drug-likeness (QED) is 0.716. The molecule has 2 aromatic carbocycles. The van der Waals surface area contributed by atoms with Gasteiger partial charge in [-0.2, -0.15) is 0 Å². The Bertz CT molecular complexity index is 774. The van der Waals surface area contributed by atoms with Crippen LogP contribution in [0.2, 0.25) is 0 Å². The van der Waals surface area contributed by atoms with Gasteiger partial charge in [0, 0.05) is 13.1 Å². The molecule has 2 N–H and O–H groups in total. The smallest absolute Gasteiger partial charge is 0.288 e. The maximum atomic E-state index is 12.5. The lowest BCUT2D eigenvalue weighted by Gasteiger charge is -2.24. The van der Waals surface area contributed by atoms with Crippen molar-refractivity contribution in [2.24, 2.45) is 0 Å². The molecule has 1 fully saturated rings. The topological polar surface area (TPSA) is 78.5 Å². The van der Waals surface area contributed by atoms with Gasteiger partial charge in [0.1, 0.15) is 0 Å². The highest BCUT2D eigenvalue weighted by atomic mass is 32.2. The molecule has 2 aromatic rings. The van der Waals surface area contributed by atoms with Crippen LogP contribution in [0.15, 0.2) is 60.7 Å². The molecule has 1 heterocycles. The first-order valence-electron chi connectivity index (χ1n) is 9.17. The molecule has 0 spiro atoms. The summed E-state index contributed by atoms with van der Waals surface area (Å²) in [4.78, 5) is 36.9. The highest BCUT2D eigenvalue weighted by Crippen LogP contribution is 2.22. The molecule has 146 valence electrons. The Morgan fingerprint density at radius 2 is 1.61 bits per heavy atom. The Morgan fingerprint density at radius 3 is 2.11 bits per heavy atom. The van der Waals surface area contributed by atoms with Crippen molar-refractivity contribution in [2.45, 2.75) is 19.0 Å². The van der Waals surface area contributed by atoms with E-state index in [9.17, 15) is 14.4 Å². The zero-order chi connectivity index (χ0) is 19.9. The largest absolute Gasteiger partial charge is 0.353 e. The number of carbonyl (C=O) groups is 3. The maximum absolute atomic E-state index is 12.5. The minimum atomic E-state index is -0.454. The van der Waals surface area contributed by atoms with Crippen LogP contribution in [0.1, 0.15) is 24.1 Å². The van der Waals surface area contributed by atoms with Crippen molar-refractivity contribution in [1.29, 1.82) is 0 Å². The number of amides is 3. The molecule has 0 unspecified atom stereocenters. The van der Waals surface area contributed by atoms with E-state index in [4.69, 9.17) is 0 Å². The third kappa shape index (κ3) is 4.99. The molecule has 28 heavy (non-hydrogen) atoms. The van der Waals surface area contributed by atoms with Crippen molar-refractivity contribution in [3.8, 4) is 0 Å². The number of benzene rings is 2. The Labute approximate surface area is 168 Å². The third-order valence-corrected chi connectivity index (χ3v) is 5.41. The fraction of sp³-hybridized carbons (Fsp3) is 0.286. The van der Waals surface area contributed by atoms with Crippen LogP contribution in [0, 0.1) is 0 Å². The number of nitrogens with zero attached hydrogens (tertiary/aromatic N) is 1. The molecule has 1 saturated heterocycles. The number of hydrogen-bond acceptors (Lipinski definition) is 5. The lowest BCUT2D eigenvalue weighted by Crippen LogP contribution is -2.46. The standard InChI is InChI=1S/C21H23N3O3S/c1-15(20(26)22-12-13-24-18(25)14-28-21(24)27)23-19(16-8-4-2-5-9-16)17-10-6-3-7-11-17/h2-11,15,19,23H,12-14H2,1H3,(H,22,26)/t15-/m0/s1. The zero-order valence-corrected chi connectivity index (χ0v) is 16.4. The molecule has 1 aliphatic rings. The molecule has 7 heteroatoms. The van der Waals surface area contributed by atoms with Gasteiger partial charge in [-0.25, -0.2) is 0 Å². The summed E-state index contributed by atoms with van der Waals surface area (Å²) in [6.45, 7) is 2.24. The van der Waals surface area contributed by atoms with Gasteiger partial charge in [0.05, 0.1) is 17.8 Å². The lowest BCUT2D eigenvalue weighted by atomic mass is 9.98. The first kappa shape index (κ1) is 20.1. The Morgan fingerprint density at radius 1 is 1.04 bits per heavy atom. The summed E-state index contributed by atoms with van der Waals surface area (Å²) in [7, 11) is 0. The molecule has 0 aliphatic carbocycles. The van der Waals surface area contributed by atoms with E-state index in [1.807, 2.05) is 60.7 Å². The minimum Gasteiger partial charge on any atom is -0.353 e. The molecular weight excluding hydrogens is 374 g/mol. The van der Waals surface area contributed by atoms with Crippen LogP contribution < -0.4 is 10.6 Å². The van der Waals surface area contributed by atoms with Gasteiger partial charge < -0.3 is 5.32 Å². The maximum Gasteiger partial charge on any atom is 0.288 e. The van der Waals surface area contributed by atoms with E-state index in [1.165, 1.54) is 4.90 Å². The number of carbonyl (C=O) groups excluding carboxylic acids is 3. The molecular formula is C21H23N3O3S. The van der Waals surface area contributed by atoms with Crippen molar-refractivity contribution in [2.75, 3.05) is 18.8 Å². The SMILES string of the molecule is C[C@H](NC(c1ccccc1)c1ccccc1)C(=O)NCCN1C(=O)CSC1=O. The van der Waals surface area contributed by atoms with E-state index in [2.05, 4.69) is 10.6 Å². The van der Waals surface area contributed by atoms with Crippen molar-refractivity contribution >= 4 is 28.8 Å². The number of nitrogens with one attached hydrogen (secondary N) is 2. The van der Waals surface area contributed by atoms with Gasteiger partial charge in [-0.1, -0.05) is 72.4 Å². The van der Waals surface area contributed by atoms with Gasteiger partial charge in [-0.05, 0) is 18.1 Å². The first-order chi connectivity index (χ1) is 13.6. The van der Waals surface area contributed by atoms with E-state index in [0.29, 0.717) is 0 Å². The highest BCUT2D eigenvalue weighted by Gasteiger charge is 2.29. The van der Waals surface area contributed by atoms with Crippen LogP contribution in [0.5, 0.6) is 0 Å². The Kier molecular flexibility index (Phi) is 6.84. The summed E-state index contributed by atoms with van der Waals surface area (Å²) in [5.74, 6) is -0.201. The molecule has 3 amide bonds. The average Bonchev–Trinajstić information content (AvgIpc) is 3.05. The van der Waals surface area contributed by atoms with Gasteiger partial charge >= 0.3 is 0 Å². The van der Waals surface area contributed by atoms with E-state index in [1.54, 1.807) is 6.92 Å². The van der Waals surface area contributed by atoms with Gasteiger partial charge in [0.25, 0.3) is 5.24 Å². The second-order valence-electron chi connectivity index (χ2n) is 6.53. The fourth-order valence-corrected chi connectivity index (χ4v) is 3.79. The van der Waals surface area contributed by atoms with Crippen LogP contribution >= 0.6 is 11.8 Å². The van der Waals surface area contributed by atoms with Crippen LogP contribution in [0.25, 0.3) is 0 Å². The highest BCUT2D eigenvalue weighted by molar-refractivity contribution is 8.14.